The molecule has 176 valence electrons. The van der Waals surface area contributed by atoms with E-state index in [2.05, 4.69) is 15.5 Å². The van der Waals surface area contributed by atoms with Gasteiger partial charge in [0.2, 0.25) is 5.91 Å². The molecule has 0 aliphatic heterocycles. The van der Waals surface area contributed by atoms with Crippen LogP contribution in [0.3, 0.4) is 0 Å². The number of amides is 1. The van der Waals surface area contributed by atoms with Gasteiger partial charge in [-0.3, -0.25) is 9.59 Å². The quantitative estimate of drug-likeness (QED) is 0.411. The number of fused-ring (bicyclic) bond motifs is 1. The minimum Gasteiger partial charge on any atom is -0.491 e. The largest absolute Gasteiger partial charge is 0.491 e. The first-order valence-electron chi connectivity index (χ1n) is 11.5. The third kappa shape index (κ3) is 5.51. The van der Waals surface area contributed by atoms with Crippen LogP contribution in [0.1, 0.15) is 37.9 Å². The smallest absolute Gasteiger partial charge is 0.295 e. The Kier molecular flexibility index (Phi) is 7.06. The summed E-state index contributed by atoms with van der Waals surface area (Å²) in [7, 11) is 0. The molecule has 0 saturated heterocycles. The summed E-state index contributed by atoms with van der Waals surface area (Å²) in [6.07, 6.45) is 2.76. The number of hydrogen-bond acceptors (Lipinski definition) is 5. The van der Waals surface area contributed by atoms with Crippen molar-refractivity contribution in [1.82, 2.24) is 24.9 Å². The molecule has 0 aliphatic carbocycles. The zero-order valence-electron chi connectivity index (χ0n) is 19.7. The Hall–Kier alpha value is -3.94. The molecule has 1 N–H and O–H groups in total. The molecular formula is C26H29N5O3. The van der Waals surface area contributed by atoms with Crippen molar-refractivity contribution in [1.29, 1.82) is 0 Å². The fourth-order valence-electron chi connectivity index (χ4n) is 3.70. The van der Waals surface area contributed by atoms with Gasteiger partial charge in [0, 0.05) is 31.1 Å². The molecular weight excluding hydrogens is 430 g/mol. The average molecular weight is 460 g/mol. The van der Waals surface area contributed by atoms with Crippen molar-refractivity contribution in [3.8, 4) is 11.4 Å². The first-order valence-corrected chi connectivity index (χ1v) is 11.5. The molecule has 2 aromatic heterocycles. The predicted octanol–water partition coefficient (Wildman–Crippen LogP) is 3.77. The van der Waals surface area contributed by atoms with Crippen molar-refractivity contribution >= 4 is 16.8 Å². The molecule has 4 rings (SSSR count). The summed E-state index contributed by atoms with van der Waals surface area (Å²) in [6.45, 7) is 6.62. The van der Waals surface area contributed by atoms with Gasteiger partial charge in [-0.15, -0.1) is 0 Å². The second-order valence-corrected chi connectivity index (χ2v) is 8.48. The molecule has 0 fully saturated rings. The normalized spacial score (nSPS) is 11.2. The Morgan fingerprint density at radius 3 is 2.50 bits per heavy atom. The minimum atomic E-state index is -0.251. The molecule has 2 heterocycles. The van der Waals surface area contributed by atoms with E-state index in [1.54, 1.807) is 4.68 Å². The summed E-state index contributed by atoms with van der Waals surface area (Å²) in [4.78, 5) is 25.2. The Bertz CT molecular complexity index is 1320. The van der Waals surface area contributed by atoms with E-state index < -0.39 is 0 Å². The van der Waals surface area contributed by atoms with Gasteiger partial charge in [-0.2, -0.15) is 10.2 Å². The molecule has 0 bridgehead atoms. The number of aromatic nitrogens is 4. The molecule has 0 unspecified atom stereocenters. The van der Waals surface area contributed by atoms with Gasteiger partial charge in [0.05, 0.1) is 17.5 Å². The lowest BCUT2D eigenvalue weighted by atomic mass is 10.2. The van der Waals surface area contributed by atoms with Gasteiger partial charge >= 0.3 is 0 Å². The summed E-state index contributed by atoms with van der Waals surface area (Å²) >= 11 is 0. The summed E-state index contributed by atoms with van der Waals surface area (Å²) in [5.41, 5.74) is 2.73. The highest BCUT2D eigenvalue weighted by Gasteiger charge is 2.13. The maximum absolute atomic E-state index is 12.9. The molecule has 8 heteroatoms. The highest BCUT2D eigenvalue weighted by molar-refractivity contribution is 5.79. The number of para-hydroxylation sites is 1. The lowest BCUT2D eigenvalue weighted by molar-refractivity contribution is -0.121. The van der Waals surface area contributed by atoms with Gasteiger partial charge in [0.15, 0.2) is 5.52 Å². The topological polar surface area (TPSA) is 91.0 Å². The first-order chi connectivity index (χ1) is 16.4. The van der Waals surface area contributed by atoms with Crippen LogP contribution in [-0.2, 0) is 17.9 Å². The van der Waals surface area contributed by atoms with Gasteiger partial charge < -0.3 is 10.1 Å². The van der Waals surface area contributed by atoms with E-state index in [0.717, 1.165) is 28.1 Å². The van der Waals surface area contributed by atoms with Crippen molar-refractivity contribution in [2.75, 3.05) is 0 Å². The van der Waals surface area contributed by atoms with Crippen LogP contribution >= 0.6 is 0 Å². The Balaban J connectivity index is 1.34. The van der Waals surface area contributed by atoms with Crippen LogP contribution in [0.5, 0.6) is 5.75 Å². The van der Waals surface area contributed by atoms with Gasteiger partial charge in [-0.25, -0.2) is 9.36 Å². The number of ether oxygens (including phenoxy) is 1. The van der Waals surface area contributed by atoms with Crippen LogP contribution in [-0.4, -0.2) is 31.6 Å². The highest BCUT2D eigenvalue weighted by Crippen LogP contribution is 2.16. The molecule has 4 aromatic rings. The molecule has 0 radical (unpaired) electrons. The Morgan fingerprint density at radius 2 is 1.79 bits per heavy atom. The van der Waals surface area contributed by atoms with Gasteiger partial charge in [-0.05, 0) is 57.0 Å². The zero-order valence-corrected chi connectivity index (χ0v) is 19.7. The van der Waals surface area contributed by atoms with E-state index in [4.69, 9.17) is 4.74 Å². The number of aryl methyl sites for hydroxylation is 2. The number of hydrogen-bond donors (Lipinski definition) is 1. The third-order valence-corrected chi connectivity index (χ3v) is 5.39. The van der Waals surface area contributed by atoms with Gasteiger partial charge in [-0.1, -0.05) is 30.3 Å². The van der Waals surface area contributed by atoms with E-state index >= 15 is 0 Å². The van der Waals surface area contributed by atoms with Gasteiger partial charge in [0.25, 0.3) is 5.56 Å². The molecule has 0 atom stereocenters. The van der Waals surface area contributed by atoms with Crippen LogP contribution in [0.25, 0.3) is 16.6 Å². The third-order valence-electron chi connectivity index (χ3n) is 5.39. The number of benzene rings is 2. The minimum absolute atomic E-state index is 0.0679. The first kappa shape index (κ1) is 23.2. The van der Waals surface area contributed by atoms with E-state index in [1.165, 1.54) is 4.68 Å². The summed E-state index contributed by atoms with van der Waals surface area (Å²) in [5.74, 6) is 0.741. The van der Waals surface area contributed by atoms with Crippen LogP contribution in [0.2, 0.25) is 0 Å². The number of carbonyl (C=O) groups excluding carboxylic acids is 1. The lowest BCUT2D eigenvalue weighted by Crippen LogP contribution is -2.26. The fourth-order valence-corrected chi connectivity index (χ4v) is 3.70. The molecule has 0 aliphatic rings. The monoisotopic (exact) mass is 459 g/mol. The number of carbonyl (C=O) groups is 1. The maximum Gasteiger partial charge on any atom is 0.295 e. The highest BCUT2D eigenvalue weighted by atomic mass is 16.5. The van der Waals surface area contributed by atoms with Gasteiger partial charge in [0.1, 0.15) is 5.75 Å². The van der Waals surface area contributed by atoms with Crippen LogP contribution in [0, 0.1) is 6.92 Å². The van der Waals surface area contributed by atoms with E-state index in [0.29, 0.717) is 31.4 Å². The molecule has 0 saturated carbocycles. The molecule has 8 nitrogen and oxygen atoms in total. The Morgan fingerprint density at radius 1 is 1.06 bits per heavy atom. The zero-order chi connectivity index (χ0) is 24.1. The summed E-state index contributed by atoms with van der Waals surface area (Å²) < 4.78 is 8.73. The maximum atomic E-state index is 12.9. The van der Waals surface area contributed by atoms with E-state index in [-0.39, 0.29) is 17.6 Å². The van der Waals surface area contributed by atoms with Crippen LogP contribution < -0.4 is 15.6 Å². The summed E-state index contributed by atoms with van der Waals surface area (Å²) in [5, 5.41) is 12.6. The second-order valence-electron chi connectivity index (χ2n) is 8.48. The predicted molar refractivity (Wildman–Crippen MR) is 131 cm³/mol. The van der Waals surface area contributed by atoms with Crippen LogP contribution in [0.15, 0.2) is 65.6 Å². The summed E-state index contributed by atoms with van der Waals surface area (Å²) in [6, 6.07) is 17.3. The number of rotatable bonds is 9. The fraction of sp³-hybridized carbons (Fsp3) is 0.308. The second kappa shape index (κ2) is 10.3. The number of nitrogens with one attached hydrogen (secondary N) is 1. The molecule has 1 amide bonds. The lowest BCUT2D eigenvalue weighted by Gasteiger charge is -2.10. The van der Waals surface area contributed by atoms with Crippen molar-refractivity contribution in [2.24, 2.45) is 0 Å². The molecule has 0 spiro atoms. The molecule has 34 heavy (non-hydrogen) atoms. The van der Waals surface area contributed by atoms with E-state index in [9.17, 15) is 9.59 Å². The standard InChI is InChI=1S/C26H29N5O3/c1-18(2)34-22-13-11-20(12-14-22)16-27-24(32)10-7-15-30-26(33)25-23(19(3)28-30)17-31(29-25)21-8-5-4-6-9-21/h4-6,8-9,11-14,17-18H,7,10,15-16H2,1-3H3,(H,27,32). The van der Waals surface area contributed by atoms with Crippen molar-refractivity contribution < 1.29 is 9.53 Å². The van der Waals surface area contributed by atoms with Crippen molar-refractivity contribution in [2.45, 2.75) is 52.8 Å². The SMILES string of the molecule is Cc1nn(CCCC(=O)NCc2ccc(OC(C)C)cc2)c(=O)c2nn(-c3ccccc3)cc12. The average Bonchev–Trinajstić information content (AvgIpc) is 3.29. The van der Waals surface area contributed by atoms with Crippen molar-refractivity contribution in [3.63, 3.8) is 0 Å². The van der Waals surface area contributed by atoms with Crippen LogP contribution in [0.4, 0.5) is 0 Å². The Labute approximate surface area is 198 Å². The number of nitrogens with zero attached hydrogens (tertiary/aromatic N) is 4. The van der Waals surface area contributed by atoms with Crippen molar-refractivity contribution in [3.05, 3.63) is 82.4 Å². The molecule has 2 aromatic carbocycles. The van der Waals surface area contributed by atoms with E-state index in [1.807, 2.05) is 81.6 Å².